The molecule has 0 saturated carbocycles. The standard InChI is InChI=1S/C18H18N6O4/c1-2-27-18(26)11-5-7-12(8-6-11)22-15-14(19)16(21-10-20-15)23-24-17(25)13-4-3-9-28-13/h3-10H,2,19H2,1H3,(H,24,25)(H2,20,21,22,23). The Hall–Kier alpha value is -4.08. The van der Waals surface area contributed by atoms with Gasteiger partial charge < -0.3 is 20.2 Å². The number of nitrogens with one attached hydrogen (secondary N) is 3. The van der Waals surface area contributed by atoms with Gasteiger partial charge in [-0.2, -0.15) is 0 Å². The molecule has 0 spiro atoms. The third-order valence-electron chi connectivity index (χ3n) is 3.58. The van der Waals surface area contributed by atoms with E-state index in [0.29, 0.717) is 23.7 Å². The van der Waals surface area contributed by atoms with Crippen LogP contribution in [0.15, 0.2) is 53.4 Å². The molecule has 0 radical (unpaired) electrons. The molecule has 28 heavy (non-hydrogen) atoms. The number of nitrogens with zero attached hydrogens (tertiary/aromatic N) is 2. The topological polar surface area (TPSA) is 144 Å². The molecular formula is C18H18N6O4. The number of rotatable bonds is 7. The first kappa shape index (κ1) is 18.7. The lowest BCUT2D eigenvalue weighted by Gasteiger charge is -2.13. The van der Waals surface area contributed by atoms with Gasteiger partial charge in [0, 0.05) is 5.69 Å². The predicted molar refractivity (Wildman–Crippen MR) is 102 cm³/mol. The van der Waals surface area contributed by atoms with Gasteiger partial charge in [-0.15, -0.1) is 0 Å². The van der Waals surface area contributed by atoms with Crippen LogP contribution in [0.3, 0.4) is 0 Å². The molecule has 1 amide bonds. The number of anilines is 4. The van der Waals surface area contributed by atoms with Crippen LogP contribution in [0.4, 0.5) is 23.0 Å². The van der Waals surface area contributed by atoms with Gasteiger partial charge in [-0.1, -0.05) is 0 Å². The van der Waals surface area contributed by atoms with Crippen LogP contribution in [0.5, 0.6) is 0 Å². The highest BCUT2D eigenvalue weighted by molar-refractivity contribution is 5.92. The van der Waals surface area contributed by atoms with E-state index in [1.165, 1.54) is 18.7 Å². The molecule has 5 N–H and O–H groups in total. The number of nitrogens with two attached hydrogens (primary N) is 1. The number of furan rings is 1. The third-order valence-corrected chi connectivity index (χ3v) is 3.58. The minimum Gasteiger partial charge on any atom is -0.462 e. The first-order valence-corrected chi connectivity index (χ1v) is 8.33. The van der Waals surface area contributed by atoms with Crippen molar-refractivity contribution in [2.45, 2.75) is 6.92 Å². The van der Waals surface area contributed by atoms with E-state index in [0.717, 1.165) is 0 Å². The fourth-order valence-electron chi connectivity index (χ4n) is 2.22. The number of benzene rings is 1. The van der Waals surface area contributed by atoms with Crippen LogP contribution in [0.1, 0.15) is 27.8 Å². The summed E-state index contributed by atoms with van der Waals surface area (Å²) in [6.45, 7) is 2.05. The lowest BCUT2D eigenvalue weighted by Crippen LogP contribution is -2.30. The number of carbonyl (C=O) groups excluding carboxylic acids is 2. The maximum absolute atomic E-state index is 11.9. The highest BCUT2D eigenvalue weighted by Crippen LogP contribution is 2.25. The number of esters is 1. The van der Waals surface area contributed by atoms with E-state index in [9.17, 15) is 9.59 Å². The first-order chi connectivity index (χ1) is 13.6. The molecule has 144 valence electrons. The van der Waals surface area contributed by atoms with Gasteiger partial charge in [0.2, 0.25) is 0 Å². The predicted octanol–water partition coefficient (Wildman–Crippen LogP) is 2.33. The van der Waals surface area contributed by atoms with Gasteiger partial charge in [-0.25, -0.2) is 14.8 Å². The van der Waals surface area contributed by atoms with Crippen molar-refractivity contribution in [2.24, 2.45) is 0 Å². The molecule has 10 nitrogen and oxygen atoms in total. The van der Waals surface area contributed by atoms with Crippen molar-refractivity contribution in [1.29, 1.82) is 0 Å². The minimum atomic E-state index is -0.480. The molecule has 0 bridgehead atoms. The van der Waals surface area contributed by atoms with Gasteiger partial charge in [0.05, 0.1) is 18.4 Å². The summed E-state index contributed by atoms with van der Waals surface area (Å²) < 4.78 is 9.94. The van der Waals surface area contributed by atoms with E-state index < -0.39 is 11.9 Å². The van der Waals surface area contributed by atoms with Crippen molar-refractivity contribution in [3.63, 3.8) is 0 Å². The van der Waals surface area contributed by atoms with Gasteiger partial charge in [0.1, 0.15) is 12.0 Å². The Bertz CT molecular complexity index is 957. The fraction of sp³-hybridized carbons (Fsp3) is 0.111. The third kappa shape index (κ3) is 4.36. The van der Waals surface area contributed by atoms with E-state index >= 15 is 0 Å². The molecule has 0 fully saturated rings. The van der Waals surface area contributed by atoms with Gasteiger partial charge in [-0.05, 0) is 43.3 Å². The monoisotopic (exact) mass is 382 g/mol. The molecule has 0 aliphatic heterocycles. The molecule has 3 rings (SSSR count). The second kappa shape index (κ2) is 8.54. The van der Waals surface area contributed by atoms with Crippen LogP contribution in [-0.2, 0) is 4.74 Å². The number of ether oxygens (including phenoxy) is 1. The number of amides is 1. The molecular weight excluding hydrogens is 364 g/mol. The van der Waals surface area contributed by atoms with Crippen molar-refractivity contribution in [2.75, 3.05) is 23.1 Å². The van der Waals surface area contributed by atoms with Crippen LogP contribution in [0.2, 0.25) is 0 Å². The van der Waals surface area contributed by atoms with Gasteiger partial charge in [0.25, 0.3) is 0 Å². The molecule has 0 saturated heterocycles. The molecule has 2 heterocycles. The molecule has 0 aliphatic carbocycles. The summed E-state index contributed by atoms with van der Waals surface area (Å²) in [5, 5.41) is 3.03. The zero-order chi connectivity index (χ0) is 19.9. The van der Waals surface area contributed by atoms with E-state index in [2.05, 4.69) is 26.1 Å². The number of aromatic nitrogens is 2. The van der Waals surface area contributed by atoms with Gasteiger partial charge >= 0.3 is 11.9 Å². The summed E-state index contributed by atoms with van der Waals surface area (Å²) >= 11 is 0. The molecule has 0 aliphatic rings. The maximum Gasteiger partial charge on any atom is 0.338 e. The average molecular weight is 382 g/mol. The van der Waals surface area contributed by atoms with Crippen molar-refractivity contribution in [1.82, 2.24) is 15.4 Å². The molecule has 3 aromatic rings. The fourth-order valence-corrected chi connectivity index (χ4v) is 2.22. The Morgan fingerprint density at radius 3 is 2.57 bits per heavy atom. The number of nitrogen functional groups attached to an aromatic ring is 1. The summed E-state index contributed by atoms with van der Waals surface area (Å²) in [7, 11) is 0. The Labute approximate surface area is 160 Å². The minimum absolute atomic E-state index is 0.139. The quantitative estimate of drug-likeness (QED) is 0.357. The number of hydrazine groups is 1. The van der Waals surface area contributed by atoms with Crippen LogP contribution in [0, 0.1) is 0 Å². The molecule has 1 aromatic carbocycles. The van der Waals surface area contributed by atoms with E-state index in [4.69, 9.17) is 14.9 Å². The van der Waals surface area contributed by atoms with Crippen LogP contribution < -0.4 is 21.9 Å². The smallest absolute Gasteiger partial charge is 0.338 e. The molecule has 0 atom stereocenters. The zero-order valence-corrected chi connectivity index (χ0v) is 14.9. The SMILES string of the molecule is CCOC(=O)c1ccc(Nc2ncnc(NNC(=O)c3ccco3)c2N)cc1. The highest BCUT2D eigenvalue weighted by Gasteiger charge is 2.12. The van der Waals surface area contributed by atoms with E-state index in [1.54, 1.807) is 37.3 Å². The van der Waals surface area contributed by atoms with Crippen molar-refractivity contribution in [3.8, 4) is 0 Å². The lowest BCUT2D eigenvalue weighted by molar-refractivity contribution is 0.0526. The number of hydrogen-bond donors (Lipinski definition) is 4. The summed E-state index contributed by atoms with van der Waals surface area (Å²) in [6, 6.07) is 9.76. The van der Waals surface area contributed by atoms with E-state index in [1.807, 2.05) is 0 Å². The average Bonchev–Trinajstić information content (AvgIpc) is 3.24. The summed E-state index contributed by atoms with van der Waals surface area (Å²) in [5.41, 5.74) is 12.4. The second-order valence-electron chi connectivity index (χ2n) is 5.46. The second-order valence-corrected chi connectivity index (χ2v) is 5.46. The Kier molecular flexibility index (Phi) is 5.70. The lowest BCUT2D eigenvalue weighted by atomic mass is 10.2. The largest absolute Gasteiger partial charge is 0.462 e. The molecule has 0 unspecified atom stereocenters. The van der Waals surface area contributed by atoms with Crippen molar-refractivity contribution in [3.05, 3.63) is 60.3 Å². The summed E-state index contributed by atoms with van der Waals surface area (Å²) in [5.74, 6) is -0.198. The van der Waals surface area contributed by atoms with Gasteiger partial charge in [0.15, 0.2) is 17.4 Å². The Morgan fingerprint density at radius 1 is 1.14 bits per heavy atom. The Morgan fingerprint density at radius 2 is 1.89 bits per heavy atom. The normalized spacial score (nSPS) is 10.2. The van der Waals surface area contributed by atoms with Crippen molar-refractivity contribution >= 4 is 34.9 Å². The molecule has 10 heteroatoms. The first-order valence-electron chi connectivity index (χ1n) is 8.33. The highest BCUT2D eigenvalue weighted by atomic mass is 16.5. The maximum atomic E-state index is 11.9. The van der Waals surface area contributed by atoms with Gasteiger partial charge in [-0.3, -0.25) is 15.6 Å². The van der Waals surface area contributed by atoms with Crippen molar-refractivity contribution < 1.29 is 18.7 Å². The zero-order valence-electron chi connectivity index (χ0n) is 14.9. The Balaban J connectivity index is 1.67. The van der Waals surface area contributed by atoms with E-state index in [-0.39, 0.29) is 17.3 Å². The van der Waals surface area contributed by atoms with Crippen LogP contribution in [0.25, 0.3) is 0 Å². The molecule has 2 aromatic heterocycles. The number of hydrogen-bond acceptors (Lipinski definition) is 9. The van der Waals surface area contributed by atoms with Crippen LogP contribution in [-0.4, -0.2) is 28.5 Å². The number of carbonyl (C=O) groups is 2. The summed E-state index contributed by atoms with van der Waals surface area (Å²) in [6.07, 6.45) is 2.68. The summed E-state index contributed by atoms with van der Waals surface area (Å²) in [4.78, 5) is 31.7. The van der Waals surface area contributed by atoms with Crippen LogP contribution >= 0.6 is 0 Å².